The Morgan fingerprint density at radius 2 is 1.33 bits per heavy atom. The fourth-order valence-electron chi connectivity index (χ4n) is 5.63. The van der Waals surface area contributed by atoms with Gasteiger partial charge in [0, 0.05) is 17.8 Å². The fourth-order valence-corrected chi connectivity index (χ4v) is 5.63. The van der Waals surface area contributed by atoms with Crippen molar-refractivity contribution in [2.24, 2.45) is 29.6 Å². The number of hydrogen-bond donors (Lipinski definition) is 0. The topological polar surface area (TPSA) is 18.5 Å². The van der Waals surface area contributed by atoms with Crippen LogP contribution in [0, 0.1) is 29.6 Å². The van der Waals surface area contributed by atoms with Gasteiger partial charge in [0.05, 0.1) is 19.3 Å². The van der Waals surface area contributed by atoms with Gasteiger partial charge >= 0.3 is 6.18 Å². The van der Waals surface area contributed by atoms with E-state index in [4.69, 9.17) is 9.47 Å². The van der Waals surface area contributed by atoms with Crippen LogP contribution < -0.4 is 0 Å². The van der Waals surface area contributed by atoms with E-state index in [1.165, 1.54) is 32.1 Å². The van der Waals surface area contributed by atoms with Crippen molar-refractivity contribution in [3.05, 3.63) is 11.9 Å². The summed E-state index contributed by atoms with van der Waals surface area (Å²) in [5.41, 5.74) is 0. The minimum atomic E-state index is -4.55. The van der Waals surface area contributed by atoms with Gasteiger partial charge in [0.1, 0.15) is 5.83 Å². The van der Waals surface area contributed by atoms with Crippen LogP contribution >= 0.6 is 0 Å². The molecule has 2 aliphatic carbocycles. The molecule has 3 rings (SSSR count). The van der Waals surface area contributed by atoms with Gasteiger partial charge in [0.2, 0.25) is 0 Å². The summed E-state index contributed by atoms with van der Waals surface area (Å²) in [7, 11) is 0. The molecule has 0 aromatic heterocycles. The summed E-state index contributed by atoms with van der Waals surface area (Å²) in [5, 5.41) is 0. The maximum Gasteiger partial charge on any atom is 0.412 e. The fraction of sp³-hybridized carbons (Fsp3) is 0.917. The third-order valence-corrected chi connectivity index (χ3v) is 7.49. The zero-order valence-corrected chi connectivity index (χ0v) is 18.3. The molecule has 0 bridgehead atoms. The first kappa shape index (κ1) is 24.0. The van der Waals surface area contributed by atoms with Crippen LogP contribution in [0.1, 0.15) is 84.0 Å². The van der Waals surface area contributed by atoms with E-state index in [-0.39, 0.29) is 12.4 Å². The Kier molecular flexibility index (Phi) is 9.06. The van der Waals surface area contributed by atoms with Crippen LogP contribution in [0.4, 0.5) is 17.6 Å². The highest BCUT2D eigenvalue weighted by Crippen LogP contribution is 2.40. The first-order chi connectivity index (χ1) is 14.3. The number of hydrogen-bond acceptors (Lipinski definition) is 2. The first-order valence-corrected chi connectivity index (χ1v) is 12.0. The lowest BCUT2D eigenvalue weighted by Crippen LogP contribution is -2.38. The highest BCUT2D eigenvalue weighted by atomic mass is 19.4. The molecule has 0 spiro atoms. The molecule has 0 aromatic rings. The average molecular weight is 435 g/mol. The number of alkyl halides is 3. The van der Waals surface area contributed by atoms with Crippen molar-refractivity contribution in [2.45, 2.75) is 96.4 Å². The largest absolute Gasteiger partial charge is 0.412 e. The standard InChI is InChI=1S/C24H38F4O2/c1-2-3-19-15-29-23(30-16-19)21-12-8-18(9-13-21)5-4-17-6-10-20(11-7-17)22(25)14-24(26,27)28/h14,17-21,23H,2-13,15-16H2,1H3/b22-14-. The molecule has 3 aliphatic rings. The van der Waals surface area contributed by atoms with Crippen LogP contribution in [-0.4, -0.2) is 25.7 Å². The smallest absolute Gasteiger partial charge is 0.352 e. The summed E-state index contributed by atoms with van der Waals surface area (Å²) in [5.74, 6) is 0.825. The van der Waals surface area contributed by atoms with Crippen molar-refractivity contribution in [1.82, 2.24) is 0 Å². The number of allylic oxidation sites excluding steroid dienone is 2. The minimum Gasteiger partial charge on any atom is -0.352 e. The van der Waals surface area contributed by atoms with E-state index in [1.54, 1.807) is 0 Å². The lowest BCUT2D eigenvalue weighted by atomic mass is 9.75. The average Bonchev–Trinajstić information content (AvgIpc) is 2.73. The lowest BCUT2D eigenvalue weighted by Gasteiger charge is -2.38. The molecule has 0 radical (unpaired) electrons. The van der Waals surface area contributed by atoms with Crippen molar-refractivity contribution < 1.29 is 27.0 Å². The molecule has 1 heterocycles. The molecule has 0 unspecified atom stereocenters. The molecule has 3 fully saturated rings. The van der Waals surface area contributed by atoms with E-state index < -0.39 is 17.9 Å². The second-order valence-corrected chi connectivity index (χ2v) is 9.84. The summed E-state index contributed by atoms with van der Waals surface area (Å²) < 4.78 is 62.7. The van der Waals surface area contributed by atoms with Crippen molar-refractivity contribution in [1.29, 1.82) is 0 Å². The quantitative estimate of drug-likeness (QED) is 0.384. The van der Waals surface area contributed by atoms with Crippen molar-refractivity contribution in [2.75, 3.05) is 13.2 Å². The summed E-state index contributed by atoms with van der Waals surface area (Å²) in [6.45, 7) is 3.86. The van der Waals surface area contributed by atoms with E-state index in [1.807, 2.05) is 0 Å². The summed E-state index contributed by atoms with van der Waals surface area (Å²) in [4.78, 5) is 0. The Hall–Kier alpha value is -0.620. The van der Waals surface area contributed by atoms with Crippen LogP contribution in [0.5, 0.6) is 0 Å². The molecule has 2 saturated carbocycles. The van der Waals surface area contributed by atoms with Gasteiger partial charge in [-0.1, -0.05) is 26.2 Å². The van der Waals surface area contributed by atoms with Crippen LogP contribution in [0.15, 0.2) is 11.9 Å². The van der Waals surface area contributed by atoms with Crippen LogP contribution in [0.25, 0.3) is 0 Å². The van der Waals surface area contributed by atoms with Gasteiger partial charge in [-0.15, -0.1) is 0 Å². The SMILES string of the molecule is CCCC1COC(C2CCC(CCC3CCC(/C(F)=C/C(F)(F)F)CC3)CC2)OC1. The zero-order valence-electron chi connectivity index (χ0n) is 18.3. The molecule has 1 aliphatic heterocycles. The van der Waals surface area contributed by atoms with E-state index >= 15 is 0 Å². The van der Waals surface area contributed by atoms with Gasteiger partial charge < -0.3 is 9.47 Å². The van der Waals surface area contributed by atoms with Gasteiger partial charge in [-0.2, -0.15) is 13.2 Å². The monoisotopic (exact) mass is 434 g/mol. The molecule has 30 heavy (non-hydrogen) atoms. The predicted molar refractivity (Wildman–Crippen MR) is 109 cm³/mol. The number of rotatable bonds is 7. The molecule has 0 aromatic carbocycles. The zero-order chi connectivity index (χ0) is 21.6. The molecule has 0 N–H and O–H groups in total. The number of ether oxygens (including phenoxy) is 2. The van der Waals surface area contributed by atoms with E-state index in [9.17, 15) is 17.6 Å². The van der Waals surface area contributed by atoms with Gasteiger partial charge in [-0.3, -0.25) is 0 Å². The van der Waals surface area contributed by atoms with E-state index in [2.05, 4.69) is 6.92 Å². The van der Waals surface area contributed by atoms with Gasteiger partial charge in [-0.25, -0.2) is 4.39 Å². The van der Waals surface area contributed by atoms with Crippen molar-refractivity contribution >= 4 is 0 Å². The lowest BCUT2D eigenvalue weighted by molar-refractivity contribution is -0.230. The molecular formula is C24H38F4O2. The van der Waals surface area contributed by atoms with Gasteiger partial charge in [0.25, 0.3) is 0 Å². The van der Waals surface area contributed by atoms with E-state index in [0.29, 0.717) is 30.6 Å². The Balaban J connectivity index is 1.30. The third kappa shape index (κ3) is 7.51. The Morgan fingerprint density at radius 3 is 1.83 bits per heavy atom. The van der Waals surface area contributed by atoms with Crippen molar-refractivity contribution in [3.8, 4) is 0 Å². The molecule has 6 heteroatoms. The normalized spacial score (nSPS) is 36.6. The Labute approximate surface area is 178 Å². The highest BCUT2D eigenvalue weighted by molar-refractivity contribution is 5.03. The van der Waals surface area contributed by atoms with Crippen molar-refractivity contribution in [3.63, 3.8) is 0 Å². The minimum absolute atomic E-state index is 0.0195. The van der Waals surface area contributed by atoms with Crippen LogP contribution in [-0.2, 0) is 9.47 Å². The predicted octanol–water partition coefficient (Wildman–Crippen LogP) is 7.58. The Bertz CT molecular complexity index is 524. The molecule has 174 valence electrons. The third-order valence-electron chi connectivity index (χ3n) is 7.49. The van der Waals surface area contributed by atoms with Gasteiger partial charge in [-0.05, 0) is 69.6 Å². The maximum absolute atomic E-state index is 13.8. The molecule has 1 saturated heterocycles. The molecular weight excluding hydrogens is 396 g/mol. The van der Waals surface area contributed by atoms with Crippen LogP contribution in [0.2, 0.25) is 0 Å². The summed E-state index contributed by atoms with van der Waals surface area (Å²) in [6.07, 6.45) is 7.48. The summed E-state index contributed by atoms with van der Waals surface area (Å²) >= 11 is 0. The van der Waals surface area contributed by atoms with Gasteiger partial charge in [0.15, 0.2) is 6.29 Å². The molecule has 2 nitrogen and oxygen atoms in total. The van der Waals surface area contributed by atoms with E-state index in [0.717, 1.165) is 51.2 Å². The second kappa shape index (κ2) is 11.3. The Morgan fingerprint density at radius 1 is 0.800 bits per heavy atom. The summed E-state index contributed by atoms with van der Waals surface area (Å²) in [6, 6.07) is 0. The first-order valence-electron chi connectivity index (χ1n) is 12.0. The highest BCUT2D eigenvalue weighted by Gasteiger charge is 2.33. The molecule has 0 atom stereocenters. The van der Waals surface area contributed by atoms with Crippen LogP contribution in [0.3, 0.4) is 0 Å². The second-order valence-electron chi connectivity index (χ2n) is 9.84. The maximum atomic E-state index is 13.8. The molecule has 0 amide bonds. The number of halogens is 4.